The summed E-state index contributed by atoms with van der Waals surface area (Å²) in [6, 6.07) is 1.03. The molecule has 4 N–H and O–H groups in total. The number of aromatic nitrogens is 2. The molecule has 4 atom stereocenters. The highest BCUT2D eigenvalue weighted by molar-refractivity contribution is 14.1. The van der Waals surface area contributed by atoms with Crippen LogP contribution in [0.1, 0.15) is 6.23 Å². The lowest BCUT2D eigenvalue weighted by atomic mass is 10.2. The maximum Gasteiger partial charge on any atom is 0.331 e. The summed E-state index contributed by atoms with van der Waals surface area (Å²) in [6.07, 6.45) is -7.77. The van der Waals surface area contributed by atoms with Gasteiger partial charge in [-0.05, 0) is 22.6 Å². The van der Waals surface area contributed by atoms with E-state index in [0.29, 0.717) is 0 Å². The highest BCUT2D eigenvalue weighted by Crippen LogP contribution is 2.41. The molecule has 1 aromatic heterocycles. The Bertz CT molecular complexity index is 700. The van der Waals surface area contributed by atoms with Crippen LogP contribution < -0.4 is 11.2 Å². The zero-order chi connectivity index (χ0) is 15.9. The van der Waals surface area contributed by atoms with E-state index >= 15 is 0 Å². The summed E-state index contributed by atoms with van der Waals surface area (Å²) in [5.41, 5.74) is -1.62. The highest BCUT2D eigenvalue weighted by atomic mass is 127. The van der Waals surface area contributed by atoms with Gasteiger partial charge >= 0.3 is 13.3 Å². The smallest absolute Gasteiger partial charge is 0.331 e. The first-order chi connectivity index (χ1) is 9.60. The third kappa shape index (κ3) is 3.60. The zero-order valence-corrected chi connectivity index (χ0v) is 13.3. The lowest BCUT2D eigenvalue weighted by Gasteiger charge is -2.17. The van der Waals surface area contributed by atoms with Gasteiger partial charge in [0.15, 0.2) is 12.4 Å². The molecule has 0 saturated carbocycles. The van der Waals surface area contributed by atoms with E-state index < -0.39 is 49.6 Å². The maximum absolute atomic E-state index is 14.1. The maximum atomic E-state index is 14.1. The average molecular weight is 436 g/mol. The number of aliphatic hydroxyl groups is 1. The number of nitrogens with one attached hydrogen (secondary N) is 1. The number of hydrogen-bond acceptors (Lipinski definition) is 5. The van der Waals surface area contributed by atoms with E-state index in [-0.39, 0.29) is 3.70 Å². The Morgan fingerprint density at radius 2 is 2.10 bits per heavy atom. The van der Waals surface area contributed by atoms with Crippen molar-refractivity contribution in [1.29, 1.82) is 0 Å². The van der Waals surface area contributed by atoms with Crippen LogP contribution in [0.15, 0.2) is 15.7 Å². The first kappa shape index (κ1) is 16.8. The lowest BCUT2D eigenvalue weighted by molar-refractivity contribution is -0.0201. The number of rotatable bonds is 3. The van der Waals surface area contributed by atoms with Crippen LogP contribution in [0.3, 0.4) is 0 Å². The Labute approximate surface area is 130 Å². The van der Waals surface area contributed by atoms with Crippen molar-refractivity contribution in [2.24, 2.45) is 0 Å². The van der Waals surface area contributed by atoms with Crippen LogP contribution in [0.25, 0.3) is 0 Å². The molecule has 2 heterocycles. The molecular weight excluding hydrogens is 425 g/mol. The Morgan fingerprint density at radius 1 is 1.48 bits per heavy atom. The molecule has 118 valence electrons. The first-order valence-corrected chi connectivity index (χ1v) is 8.51. The molecule has 0 bridgehead atoms. The van der Waals surface area contributed by atoms with E-state index in [2.05, 4.69) is 0 Å². The largest absolute Gasteiger partial charge is 0.387 e. The van der Waals surface area contributed by atoms with Gasteiger partial charge < -0.3 is 19.6 Å². The predicted octanol–water partition coefficient (Wildman–Crippen LogP) is -1.08. The molecule has 0 unspecified atom stereocenters. The monoisotopic (exact) mass is 436 g/mol. The SMILES string of the molecule is O=c1cc(I)n([C@@H]2O[C@H](CP(=O)(O)O)[C@@H](O)[C@H]2F)c(=O)[nH]1. The Hall–Kier alpha value is -0.590. The van der Waals surface area contributed by atoms with Crippen LogP contribution in [0.4, 0.5) is 4.39 Å². The second kappa shape index (κ2) is 5.89. The van der Waals surface area contributed by atoms with Crippen molar-refractivity contribution in [3.05, 3.63) is 30.6 Å². The molecule has 0 aromatic carbocycles. The molecule has 1 aliphatic rings. The molecule has 0 spiro atoms. The van der Waals surface area contributed by atoms with Gasteiger partial charge in [0.25, 0.3) is 5.56 Å². The van der Waals surface area contributed by atoms with E-state index in [9.17, 15) is 23.7 Å². The van der Waals surface area contributed by atoms with Gasteiger partial charge in [-0.1, -0.05) is 0 Å². The Kier molecular flexibility index (Phi) is 4.71. The van der Waals surface area contributed by atoms with Crippen molar-refractivity contribution < 1.29 is 28.6 Å². The van der Waals surface area contributed by atoms with Crippen molar-refractivity contribution in [3.8, 4) is 0 Å². The van der Waals surface area contributed by atoms with Crippen molar-refractivity contribution in [2.75, 3.05) is 6.16 Å². The van der Waals surface area contributed by atoms with Crippen LogP contribution in [0.5, 0.6) is 0 Å². The number of nitrogens with zero attached hydrogens (tertiary/aromatic N) is 1. The minimum Gasteiger partial charge on any atom is -0.387 e. The molecule has 1 aliphatic heterocycles. The van der Waals surface area contributed by atoms with E-state index in [1.807, 2.05) is 4.98 Å². The predicted molar refractivity (Wildman–Crippen MR) is 75.8 cm³/mol. The van der Waals surface area contributed by atoms with Gasteiger partial charge in [-0.2, -0.15) is 0 Å². The van der Waals surface area contributed by atoms with Gasteiger partial charge in [-0.25, -0.2) is 9.18 Å². The fourth-order valence-corrected chi connectivity index (χ4v) is 3.56. The Morgan fingerprint density at radius 3 is 2.62 bits per heavy atom. The molecule has 0 radical (unpaired) electrons. The summed E-state index contributed by atoms with van der Waals surface area (Å²) in [5, 5.41) is 9.66. The zero-order valence-electron chi connectivity index (χ0n) is 10.2. The third-order valence-electron chi connectivity index (χ3n) is 2.90. The minimum atomic E-state index is -4.53. The fraction of sp³-hybridized carbons (Fsp3) is 0.556. The molecule has 12 heteroatoms. The summed E-state index contributed by atoms with van der Waals surface area (Å²) < 4.78 is 30.9. The molecule has 9 nitrogen and oxygen atoms in total. The molecule has 1 fully saturated rings. The summed E-state index contributed by atoms with van der Waals surface area (Å²) in [6.45, 7) is 0. The van der Waals surface area contributed by atoms with Crippen LogP contribution in [0.2, 0.25) is 0 Å². The van der Waals surface area contributed by atoms with Gasteiger partial charge in [-0.15, -0.1) is 0 Å². The standard InChI is InChI=1S/C9H11FIN2O7P/c10-6-7(15)3(2-21(17,18)19)20-8(6)13-4(11)1-5(14)12-9(13)16/h1,3,6-8,15H,2H2,(H,12,14,16)(H2,17,18,19)/t3-,6-,7-,8-/m1/s1. The van der Waals surface area contributed by atoms with Crippen molar-refractivity contribution in [3.63, 3.8) is 0 Å². The summed E-state index contributed by atoms with van der Waals surface area (Å²) in [4.78, 5) is 42.5. The topological polar surface area (TPSA) is 142 Å². The molecule has 2 rings (SSSR count). The minimum absolute atomic E-state index is 0.0676. The quantitative estimate of drug-likeness (QED) is 0.268. The molecule has 1 aromatic rings. The fourth-order valence-electron chi connectivity index (χ4n) is 2.01. The average Bonchev–Trinajstić information content (AvgIpc) is 2.55. The van der Waals surface area contributed by atoms with Crippen molar-refractivity contribution >= 4 is 30.2 Å². The second-order valence-corrected chi connectivity index (χ2v) is 7.28. The number of ether oxygens (including phenoxy) is 1. The second-order valence-electron chi connectivity index (χ2n) is 4.48. The van der Waals surface area contributed by atoms with Gasteiger partial charge in [0.05, 0.1) is 9.86 Å². The number of H-pyrrole nitrogens is 1. The molecule has 1 saturated heterocycles. The lowest BCUT2D eigenvalue weighted by Crippen LogP contribution is -2.37. The van der Waals surface area contributed by atoms with Crippen molar-refractivity contribution in [1.82, 2.24) is 9.55 Å². The number of hydrogen-bond donors (Lipinski definition) is 4. The molecule has 0 amide bonds. The number of aromatic amines is 1. The number of alkyl halides is 1. The van der Waals surface area contributed by atoms with Gasteiger partial charge in [0.1, 0.15) is 12.2 Å². The summed E-state index contributed by atoms with van der Waals surface area (Å²) in [5.74, 6) is 0. The summed E-state index contributed by atoms with van der Waals surface area (Å²) >= 11 is 1.61. The first-order valence-electron chi connectivity index (χ1n) is 5.63. The molecule has 21 heavy (non-hydrogen) atoms. The Balaban J connectivity index is 2.37. The third-order valence-corrected chi connectivity index (χ3v) is 4.56. The number of halogens is 2. The van der Waals surface area contributed by atoms with E-state index in [4.69, 9.17) is 14.5 Å². The normalized spacial score (nSPS) is 29.8. The number of aliphatic hydroxyl groups excluding tert-OH is 1. The van der Waals surface area contributed by atoms with Gasteiger partial charge in [0.2, 0.25) is 0 Å². The molecule has 0 aliphatic carbocycles. The van der Waals surface area contributed by atoms with E-state index in [1.54, 1.807) is 22.6 Å². The summed E-state index contributed by atoms with van der Waals surface area (Å²) in [7, 11) is -4.53. The van der Waals surface area contributed by atoms with Gasteiger partial charge in [-0.3, -0.25) is 18.9 Å². The van der Waals surface area contributed by atoms with E-state index in [0.717, 1.165) is 10.6 Å². The van der Waals surface area contributed by atoms with E-state index in [1.165, 1.54) is 0 Å². The van der Waals surface area contributed by atoms with Crippen LogP contribution >= 0.6 is 30.2 Å². The van der Waals surface area contributed by atoms with Crippen LogP contribution in [0, 0.1) is 3.70 Å². The van der Waals surface area contributed by atoms with Crippen molar-refractivity contribution in [2.45, 2.75) is 24.6 Å². The molecular formula is C9H11FIN2O7P. The highest BCUT2D eigenvalue weighted by Gasteiger charge is 2.48. The van der Waals surface area contributed by atoms with Crippen LogP contribution in [-0.2, 0) is 9.30 Å². The van der Waals surface area contributed by atoms with Gasteiger partial charge in [0, 0.05) is 6.07 Å². The van der Waals surface area contributed by atoms with Crippen LogP contribution in [-0.4, -0.2) is 49.0 Å².